The van der Waals surface area contributed by atoms with Gasteiger partial charge in [0.2, 0.25) is 0 Å². The standard InChI is InChI=1S/C21H20N2O3/c1-23-12-10-15-8-9-16(13-18(15)23)19(24)22-21(20(25)26)11-4-6-14-5-2-3-7-17(14)21/h2-3,5,7-10,12-13H,4,6,11H2,1H3,(H,22,24)(H,25,26)/t21-/m0/s1. The molecule has 0 unspecified atom stereocenters. The predicted molar refractivity (Wildman–Crippen MR) is 99.1 cm³/mol. The maximum absolute atomic E-state index is 12.9. The zero-order valence-corrected chi connectivity index (χ0v) is 14.5. The number of carboxylic acids is 1. The fraction of sp³-hybridized carbons (Fsp3) is 0.238. The molecule has 4 rings (SSSR count). The number of fused-ring (bicyclic) bond motifs is 2. The van der Waals surface area contributed by atoms with E-state index < -0.39 is 11.5 Å². The van der Waals surface area contributed by atoms with Crippen LogP contribution in [0.4, 0.5) is 0 Å². The monoisotopic (exact) mass is 348 g/mol. The van der Waals surface area contributed by atoms with Crippen LogP contribution in [-0.2, 0) is 23.8 Å². The fourth-order valence-corrected chi connectivity index (χ4v) is 3.91. The molecule has 1 atom stereocenters. The summed E-state index contributed by atoms with van der Waals surface area (Å²) >= 11 is 0. The van der Waals surface area contributed by atoms with E-state index in [-0.39, 0.29) is 5.91 Å². The van der Waals surface area contributed by atoms with Gasteiger partial charge in [0, 0.05) is 24.3 Å². The lowest BCUT2D eigenvalue weighted by molar-refractivity contribution is -0.145. The normalized spacial score (nSPS) is 19.1. The zero-order valence-electron chi connectivity index (χ0n) is 14.5. The number of amides is 1. The summed E-state index contributed by atoms with van der Waals surface area (Å²) in [4.78, 5) is 25.1. The Labute approximate surface area is 151 Å². The molecule has 2 N–H and O–H groups in total. The number of carboxylic acid groups (broad SMARTS) is 1. The summed E-state index contributed by atoms with van der Waals surface area (Å²) in [6, 6.07) is 14.9. The van der Waals surface area contributed by atoms with Crippen molar-refractivity contribution in [2.75, 3.05) is 0 Å². The third-order valence-electron chi connectivity index (χ3n) is 5.32. The number of benzene rings is 2. The van der Waals surface area contributed by atoms with Gasteiger partial charge >= 0.3 is 5.97 Å². The minimum atomic E-state index is -1.38. The summed E-state index contributed by atoms with van der Waals surface area (Å²) in [5.41, 5.74) is 1.69. The van der Waals surface area contributed by atoms with Gasteiger partial charge in [-0.2, -0.15) is 0 Å². The van der Waals surface area contributed by atoms with Crippen molar-refractivity contribution >= 4 is 22.8 Å². The van der Waals surface area contributed by atoms with Crippen LogP contribution in [0.3, 0.4) is 0 Å². The van der Waals surface area contributed by atoms with Crippen molar-refractivity contribution in [2.45, 2.75) is 24.8 Å². The molecule has 0 saturated carbocycles. The van der Waals surface area contributed by atoms with Crippen LogP contribution in [0.2, 0.25) is 0 Å². The minimum Gasteiger partial charge on any atom is -0.479 e. The van der Waals surface area contributed by atoms with Crippen molar-refractivity contribution in [3.8, 4) is 0 Å². The van der Waals surface area contributed by atoms with Gasteiger partial charge in [-0.3, -0.25) is 4.79 Å². The van der Waals surface area contributed by atoms with E-state index in [4.69, 9.17) is 0 Å². The zero-order chi connectivity index (χ0) is 18.3. The highest BCUT2D eigenvalue weighted by molar-refractivity contribution is 6.01. The largest absolute Gasteiger partial charge is 0.479 e. The number of aliphatic carboxylic acids is 1. The van der Waals surface area contributed by atoms with Crippen LogP contribution in [-0.4, -0.2) is 21.6 Å². The Morgan fingerprint density at radius 1 is 1.15 bits per heavy atom. The molecule has 1 aliphatic rings. The smallest absolute Gasteiger partial charge is 0.334 e. The first kappa shape index (κ1) is 16.4. The number of carbonyl (C=O) groups excluding carboxylic acids is 1. The Morgan fingerprint density at radius 3 is 2.77 bits per heavy atom. The van der Waals surface area contributed by atoms with E-state index in [0.29, 0.717) is 17.5 Å². The predicted octanol–water partition coefficient (Wildman–Crippen LogP) is 3.22. The molecule has 0 bridgehead atoms. The molecule has 1 aliphatic carbocycles. The summed E-state index contributed by atoms with van der Waals surface area (Å²) in [5, 5.41) is 13.9. The van der Waals surface area contributed by atoms with Gasteiger partial charge in [-0.25, -0.2) is 4.79 Å². The van der Waals surface area contributed by atoms with E-state index in [1.54, 1.807) is 12.1 Å². The average Bonchev–Trinajstić information content (AvgIpc) is 3.02. The van der Waals surface area contributed by atoms with Crippen LogP contribution in [0.5, 0.6) is 0 Å². The Bertz CT molecular complexity index is 1020. The number of hydrogen-bond donors (Lipinski definition) is 2. The van der Waals surface area contributed by atoms with Gasteiger partial charge in [0.25, 0.3) is 5.91 Å². The van der Waals surface area contributed by atoms with Crippen LogP contribution in [0.15, 0.2) is 54.7 Å². The van der Waals surface area contributed by atoms with Crippen molar-refractivity contribution < 1.29 is 14.7 Å². The van der Waals surface area contributed by atoms with E-state index >= 15 is 0 Å². The van der Waals surface area contributed by atoms with Crippen LogP contribution in [0, 0.1) is 0 Å². The van der Waals surface area contributed by atoms with Gasteiger partial charge in [-0.05, 0) is 54.0 Å². The van der Waals surface area contributed by atoms with E-state index in [9.17, 15) is 14.7 Å². The second-order valence-corrected chi connectivity index (χ2v) is 6.88. The molecular formula is C21H20N2O3. The Morgan fingerprint density at radius 2 is 1.96 bits per heavy atom. The first-order valence-electron chi connectivity index (χ1n) is 8.71. The number of nitrogens with zero attached hydrogens (tertiary/aromatic N) is 1. The molecule has 1 amide bonds. The first-order chi connectivity index (χ1) is 12.5. The number of carbonyl (C=O) groups is 2. The SMILES string of the molecule is Cn1ccc2ccc(C(=O)N[C@@]3(C(=O)O)CCCc4ccccc43)cc21. The topological polar surface area (TPSA) is 71.3 Å². The number of nitrogens with one attached hydrogen (secondary N) is 1. The van der Waals surface area contributed by atoms with Crippen LogP contribution >= 0.6 is 0 Å². The van der Waals surface area contributed by atoms with E-state index in [1.165, 1.54) is 0 Å². The molecule has 0 fully saturated rings. The summed E-state index contributed by atoms with van der Waals surface area (Å²) in [6.07, 6.45) is 3.87. The third-order valence-corrected chi connectivity index (χ3v) is 5.32. The molecule has 2 aromatic carbocycles. The molecule has 5 heteroatoms. The van der Waals surface area contributed by atoms with E-state index in [1.807, 2.05) is 54.2 Å². The average molecular weight is 348 g/mol. The summed E-state index contributed by atoms with van der Waals surface area (Å²) in [5.74, 6) is -1.38. The fourth-order valence-electron chi connectivity index (χ4n) is 3.91. The van der Waals surface area contributed by atoms with Crippen LogP contribution < -0.4 is 5.32 Å². The molecule has 5 nitrogen and oxygen atoms in total. The molecule has 0 aliphatic heterocycles. The number of aromatic nitrogens is 1. The minimum absolute atomic E-state index is 0.368. The van der Waals surface area contributed by atoms with Crippen LogP contribution in [0.1, 0.15) is 34.3 Å². The second kappa shape index (κ2) is 6.02. The molecule has 0 spiro atoms. The van der Waals surface area contributed by atoms with Gasteiger partial charge in [-0.1, -0.05) is 30.3 Å². The maximum Gasteiger partial charge on any atom is 0.334 e. The maximum atomic E-state index is 12.9. The quantitative estimate of drug-likeness (QED) is 0.763. The lowest BCUT2D eigenvalue weighted by Crippen LogP contribution is -2.53. The number of aryl methyl sites for hydroxylation is 2. The molecule has 26 heavy (non-hydrogen) atoms. The molecule has 0 radical (unpaired) electrons. The highest BCUT2D eigenvalue weighted by Gasteiger charge is 2.45. The van der Waals surface area contributed by atoms with Gasteiger partial charge < -0.3 is 15.0 Å². The molecule has 132 valence electrons. The van der Waals surface area contributed by atoms with E-state index in [0.717, 1.165) is 29.3 Å². The second-order valence-electron chi connectivity index (χ2n) is 6.88. The lowest BCUT2D eigenvalue weighted by Gasteiger charge is -2.36. The van der Waals surface area contributed by atoms with Gasteiger partial charge in [0.1, 0.15) is 0 Å². The number of rotatable bonds is 3. The van der Waals surface area contributed by atoms with Crippen LogP contribution in [0.25, 0.3) is 10.9 Å². The highest BCUT2D eigenvalue weighted by Crippen LogP contribution is 2.36. The molecular weight excluding hydrogens is 328 g/mol. The molecule has 1 heterocycles. The highest BCUT2D eigenvalue weighted by atomic mass is 16.4. The summed E-state index contributed by atoms with van der Waals surface area (Å²) in [7, 11) is 1.92. The Hall–Kier alpha value is -3.08. The molecule has 3 aromatic rings. The molecule has 0 saturated heterocycles. The lowest BCUT2D eigenvalue weighted by atomic mass is 9.76. The van der Waals surface area contributed by atoms with Crippen molar-refractivity contribution in [1.29, 1.82) is 0 Å². The summed E-state index contributed by atoms with van der Waals surface area (Å²) in [6.45, 7) is 0. The van der Waals surface area contributed by atoms with Crippen molar-refractivity contribution in [2.24, 2.45) is 7.05 Å². The third kappa shape index (κ3) is 2.47. The van der Waals surface area contributed by atoms with Crippen molar-refractivity contribution in [3.63, 3.8) is 0 Å². The summed E-state index contributed by atoms with van der Waals surface area (Å²) < 4.78 is 1.94. The van der Waals surface area contributed by atoms with Crippen molar-refractivity contribution in [3.05, 3.63) is 71.4 Å². The van der Waals surface area contributed by atoms with Gasteiger partial charge in [-0.15, -0.1) is 0 Å². The van der Waals surface area contributed by atoms with Gasteiger partial charge in [0.05, 0.1) is 0 Å². The number of hydrogen-bond acceptors (Lipinski definition) is 2. The Kier molecular flexibility index (Phi) is 3.80. The molecule has 1 aromatic heterocycles. The van der Waals surface area contributed by atoms with Gasteiger partial charge in [0.15, 0.2) is 5.54 Å². The Balaban J connectivity index is 1.74. The first-order valence-corrected chi connectivity index (χ1v) is 8.71. The van der Waals surface area contributed by atoms with E-state index in [2.05, 4.69) is 5.32 Å². The van der Waals surface area contributed by atoms with Crippen molar-refractivity contribution in [1.82, 2.24) is 9.88 Å².